The molecule has 1 saturated carbocycles. The number of esters is 1. The zero-order valence-corrected chi connectivity index (χ0v) is 7.43. The highest BCUT2D eigenvalue weighted by atomic mass is 16.6. The fourth-order valence-corrected chi connectivity index (χ4v) is 2.24. The number of ether oxygens (including phenoxy) is 1. The van der Waals surface area contributed by atoms with Crippen LogP contribution in [0.3, 0.4) is 0 Å². The molecular weight excluding hydrogens is 152 g/mol. The molecule has 0 aromatic heterocycles. The molecule has 1 aliphatic heterocycles. The van der Waals surface area contributed by atoms with E-state index in [9.17, 15) is 4.79 Å². The molecule has 0 atom stereocenters. The molecule has 0 radical (unpaired) electrons. The first-order valence-electron chi connectivity index (χ1n) is 4.64. The summed E-state index contributed by atoms with van der Waals surface area (Å²) in [6.45, 7) is 1.91. The van der Waals surface area contributed by atoms with Crippen LogP contribution >= 0.6 is 0 Å². The Morgan fingerprint density at radius 1 is 1.42 bits per heavy atom. The van der Waals surface area contributed by atoms with E-state index in [-0.39, 0.29) is 11.6 Å². The molecule has 0 unspecified atom stereocenters. The van der Waals surface area contributed by atoms with Crippen LogP contribution < -0.4 is 0 Å². The second-order valence-corrected chi connectivity index (χ2v) is 3.77. The molecule has 1 heterocycles. The van der Waals surface area contributed by atoms with Crippen LogP contribution in [0.25, 0.3) is 0 Å². The Balaban J connectivity index is 2.19. The predicted molar refractivity (Wildman–Crippen MR) is 45.7 cm³/mol. The van der Waals surface area contributed by atoms with E-state index in [0.717, 1.165) is 24.8 Å². The Morgan fingerprint density at radius 2 is 2.08 bits per heavy atom. The summed E-state index contributed by atoms with van der Waals surface area (Å²) in [6.07, 6.45) is 7.29. The van der Waals surface area contributed by atoms with Gasteiger partial charge in [0, 0.05) is 12.0 Å². The van der Waals surface area contributed by atoms with Crippen molar-refractivity contribution in [3.05, 3.63) is 11.6 Å². The SMILES string of the molecule is CC=C1CC2(CCCC2)OC1=O. The predicted octanol–water partition coefficient (Wildman–Crippen LogP) is 2.19. The maximum atomic E-state index is 11.3. The standard InChI is InChI=1S/C10H14O2/c1-2-8-7-10(12-9(8)11)5-3-4-6-10/h2H,3-7H2,1H3. The van der Waals surface area contributed by atoms with Crippen LogP contribution in [-0.4, -0.2) is 11.6 Å². The van der Waals surface area contributed by atoms with Gasteiger partial charge in [-0.05, 0) is 32.6 Å². The van der Waals surface area contributed by atoms with Crippen molar-refractivity contribution in [3.8, 4) is 0 Å². The monoisotopic (exact) mass is 166 g/mol. The molecule has 1 aliphatic carbocycles. The quantitative estimate of drug-likeness (QED) is 0.407. The highest BCUT2D eigenvalue weighted by Gasteiger charge is 2.44. The summed E-state index contributed by atoms with van der Waals surface area (Å²) in [7, 11) is 0. The van der Waals surface area contributed by atoms with Crippen molar-refractivity contribution >= 4 is 5.97 Å². The molecule has 2 fully saturated rings. The summed E-state index contributed by atoms with van der Waals surface area (Å²) in [6, 6.07) is 0. The van der Waals surface area contributed by atoms with E-state index in [1.807, 2.05) is 13.0 Å². The van der Waals surface area contributed by atoms with Gasteiger partial charge in [-0.3, -0.25) is 0 Å². The van der Waals surface area contributed by atoms with Gasteiger partial charge in [0.2, 0.25) is 0 Å². The molecular formula is C10H14O2. The third kappa shape index (κ3) is 1.06. The summed E-state index contributed by atoms with van der Waals surface area (Å²) in [5.41, 5.74) is 0.788. The molecule has 2 rings (SSSR count). The molecule has 0 bridgehead atoms. The molecule has 1 saturated heterocycles. The van der Waals surface area contributed by atoms with Crippen molar-refractivity contribution in [2.75, 3.05) is 0 Å². The van der Waals surface area contributed by atoms with Crippen molar-refractivity contribution in [1.29, 1.82) is 0 Å². The van der Waals surface area contributed by atoms with Crippen LogP contribution in [0.5, 0.6) is 0 Å². The Kier molecular flexibility index (Phi) is 1.71. The van der Waals surface area contributed by atoms with Crippen LogP contribution in [0.15, 0.2) is 11.6 Å². The van der Waals surface area contributed by atoms with Crippen molar-refractivity contribution in [2.45, 2.75) is 44.6 Å². The molecule has 0 amide bonds. The molecule has 1 spiro atoms. The van der Waals surface area contributed by atoms with Gasteiger partial charge in [0.05, 0.1) is 0 Å². The zero-order chi connectivity index (χ0) is 8.60. The molecule has 2 nitrogen and oxygen atoms in total. The summed E-state index contributed by atoms with van der Waals surface area (Å²) < 4.78 is 5.41. The van der Waals surface area contributed by atoms with E-state index in [1.165, 1.54) is 12.8 Å². The smallest absolute Gasteiger partial charge is 0.334 e. The number of hydrogen-bond donors (Lipinski definition) is 0. The molecule has 12 heavy (non-hydrogen) atoms. The van der Waals surface area contributed by atoms with Crippen molar-refractivity contribution < 1.29 is 9.53 Å². The normalized spacial score (nSPS) is 30.1. The van der Waals surface area contributed by atoms with Crippen LogP contribution in [0.4, 0.5) is 0 Å². The molecule has 2 aliphatic rings. The number of hydrogen-bond acceptors (Lipinski definition) is 2. The lowest BCUT2D eigenvalue weighted by Crippen LogP contribution is -2.23. The van der Waals surface area contributed by atoms with Gasteiger partial charge in [-0.1, -0.05) is 6.08 Å². The Morgan fingerprint density at radius 3 is 2.58 bits per heavy atom. The van der Waals surface area contributed by atoms with Gasteiger partial charge in [-0.15, -0.1) is 0 Å². The lowest BCUT2D eigenvalue weighted by atomic mass is 9.96. The fourth-order valence-electron chi connectivity index (χ4n) is 2.24. The average Bonchev–Trinajstić information content (AvgIpc) is 2.60. The minimum absolute atomic E-state index is 0.0839. The number of carbonyl (C=O) groups is 1. The third-order valence-electron chi connectivity index (χ3n) is 2.95. The topological polar surface area (TPSA) is 26.3 Å². The maximum absolute atomic E-state index is 11.3. The summed E-state index contributed by atoms with van der Waals surface area (Å²) in [5.74, 6) is -0.0839. The van der Waals surface area contributed by atoms with Gasteiger partial charge >= 0.3 is 5.97 Å². The van der Waals surface area contributed by atoms with Crippen LogP contribution in [0.2, 0.25) is 0 Å². The average molecular weight is 166 g/mol. The Labute approximate surface area is 72.6 Å². The summed E-state index contributed by atoms with van der Waals surface area (Å²) in [5, 5.41) is 0. The first kappa shape index (κ1) is 7.84. The first-order chi connectivity index (χ1) is 5.76. The molecule has 0 aromatic rings. The van der Waals surface area contributed by atoms with E-state index in [2.05, 4.69) is 0 Å². The Bertz CT molecular complexity index is 234. The van der Waals surface area contributed by atoms with Gasteiger partial charge in [0.25, 0.3) is 0 Å². The molecule has 66 valence electrons. The minimum atomic E-state index is -0.0844. The number of allylic oxidation sites excluding steroid dienone is 1. The second kappa shape index (κ2) is 2.61. The number of rotatable bonds is 0. The highest BCUT2D eigenvalue weighted by Crippen LogP contribution is 2.43. The van der Waals surface area contributed by atoms with Crippen molar-refractivity contribution in [1.82, 2.24) is 0 Å². The van der Waals surface area contributed by atoms with Gasteiger partial charge in [-0.2, -0.15) is 0 Å². The van der Waals surface area contributed by atoms with Crippen LogP contribution in [0.1, 0.15) is 39.0 Å². The lowest BCUT2D eigenvalue weighted by molar-refractivity contribution is -0.145. The second-order valence-electron chi connectivity index (χ2n) is 3.77. The highest BCUT2D eigenvalue weighted by molar-refractivity contribution is 5.91. The first-order valence-corrected chi connectivity index (χ1v) is 4.64. The molecule has 0 N–H and O–H groups in total. The van der Waals surface area contributed by atoms with E-state index >= 15 is 0 Å². The Hall–Kier alpha value is -0.790. The van der Waals surface area contributed by atoms with Crippen LogP contribution in [0, 0.1) is 0 Å². The van der Waals surface area contributed by atoms with E-state index < -0.39 is 0 Å². The van der Waals surface area contributed by atoms with Crippen molar-refractivity contribution in [2.24, 2.45) is 0 Å². The van der Waals surface area contributed by atoms with E-state index in [1.54, 1.807) is 0 Å². The van der Waals surface area contributed by atoms with Crippen molar-refractivity contribution in [3.63, 3.8) is 0 Å². The van der Waals surface area contributed by atoms with E-state index in [4.69, 9.17) is 4.74 Å². The van der Waals surface area contributed by atoms with Gasteiger partial charge in [0.1, 0.15) is 5.60 Å². The van der Waals surface area contributed by atoms with Gasteiger partial charge in [0.15, 0.2) is 0 Å². The molecule has 0 aromatic carbocycles. The van der Waals surface area contributed by atoms with Gasteiger partial charge < -0.3 is 4.74 Å². The van der Waals surface area contributed by atoms with Crippen LogP contribution in [-0.2, 0) is 9.53 Å². The van der Waals surface area contributed by atoms with Gasteiger partial charge in [-0.25, -0.2) is 4.79 Å². The molecule has 2 heteroatoms. The fraction of sp³-hybridized carbons (Fsp3) is 0.700. The minimum Gasteiger partial charge on any atom is -0.455 e. The lowest BCUT2D eigenvalue weighted by Gasteiger charge is -2.19. The van der Waals surface area contributed by atoms with E-state index in [0.29, 0.717) is 0 Å². The summed E-state index contributed by atoms with van der Waals surface area (Å²) in [4.78, 5) is 11.3. The maximum Gasteiger partial charge on any atom is 0.334 e. The number of carbonyl (C=O) groups excluding carboxylic acids is 1. The summed E-state index contributed by atoms with van der Waals surface area (Å²) >= 11 is 0. The zero-order valence-electron chi connectivity index (χ0n) is 7.43. The largest absolute Gasteiger partial charge is 0.455 e. The third-order valence-corrected chi connectivity index (χ3v) is 2.95.